The second-order valence-corrected chi connectivity index (χ2v) is 5.42. The van der Waals surface area contributed by atoms with Crippen molar-refractivity contribution in [2.75, 3.05) is 6.54 Å². The van der Waals surface area contributed by atoms with Crippen LogP contribution in [0.1, 0.15) is 72.1 Å². The zero-order chi connectivity index (χ0) is 14.2. The van der Waals surface area contributed by atoms with Crippen molar-refractivity contribution in [2.45, 2.75) is 72.1 Å². The van der Waals surface area contributed by atoms with Gasteiger partial charge in [-0.25, -0.2) is 0 Å². The van der Waals surface area contributed by atoms with Gasteiger partial charge >= 0.3 is 0 Å². The Kier molecular flexibility index (Phi) is 14.3. The SMILES string of the molecule is CCCCCCCCCCN/C=C\C=C/C=C(C)C. The summed E-state index contributed by atoms with van der Waals surface area (Å²) in [6.07, 6.45) is 21.4. The van der Waals surface area contributed by atoms with Crippen molar-refractivity contribution in [1.82, 2.24) is 5.32 Å². The van der Waals surface area contributed by atoms with E-state index < -0.39 is 0 Å². The van der Waals surface area contributed by atoms with Gasteiger partial charge in [0, 0.05) is 6.54 Å². The van der Waals surface area contributed by atoms with Crippen molar-refractivity contribution in [3.63, 3.8) is 0 Å². The fraction of sp³-hybridized carbons (Fsp3) is 0.667. The largest absolute Gasteiger partial charge is 0.391 e. The van der Waals surface area contributed by atoms with Gasteiger partial charge in [-0.15, -0.1) is 0 Å². The van der Waals surface area contributed by atoms with E-state index in [1.165, 1.54) is 56.9 Å². The van der Waals surface area contributed by atoms with Crippen molar-refractivity contribution < 1.29 is 0 Å². The first-order chi connectivity index (χ1) is 9.27. The number of hydrogen-bond acceptors (Lipinski definition) is 1. The Morgan fingerprint density at radius 2 is 1.42 bits per heavy atom. The van der Waals surface area contributed by atoms with Gasteiger partial charge in [0.15, 0.2) is 0 Å². The summed E-state index contributed by atoms with van der Waals surface area (Å²) >= 11 is 0. The van der Waals surface area contributed by atoms with Gasteiger partial charge < -0.3 is 5.32 Å². The van der Waals surface area contributed by atoms with Gasteiger partial charge in [-0.05, 0) is 32.5 Å². The highest BCUT2D eigenvalue weighted by Gasteiger charge is 1.90. The highest BCUT2D eigenvalue weighted by molar-refractivity contribution is 5.13. The summed E-state index contributed by atoms with van der Waals surface area (Å²) in [5.74, 6) is 0. The lowest BCUT2D eigenvalue weighted by molar-refractivity contribution is 0.570. The molecule has 0 radical (unpaired) electrons. The van der Waals surface area contributed by atoms with E-state index in [4.69, 9.17) is 0 Å². The van der Waals surface area contributed by atoms with Crippen LogP contribution in [0.4, 0.5) is 0 Å². The molecule has 0 aliphatic carbocycles. The predicted molar refractivity (Wildman–Crippen MR) is 88.3 cm³/mol. The second-order valence-electron chi connectivity index (χ2n) is 5.42. The van der Waals surface area contributed by atoms with E-state index in [-0.39, 0.29) is 0 Å². The molecule has 0 atom stereocenters. The van der Waals surface area contributed by atoms with Crippen LogP contribution in [0.15, 0.2) is 36.1 Å². The molecule has 110 valence electrons. The van der Waals surface area contributed by atoms with Crippen LogP contribution < -0.4 is 5.32 Å². The molecule has 19 heavy (non-hydrogen) atoms. The Balaban J connectivity index is 3.20. The molecule has 0 saturated carbocycles. The van der Waals surface area contributed by atoms with Crippen molar-refractivity contribution in [1.29, 1.82) is 0 Å². The van der Waals surface area contributed by atoms with E-state index in [0.29, 0.717) is 0 Å². The number of nitrogens with one attached hydrogen (secondary N) is 1. The maximum atomic E-state index is 3.33. The average molecular weight is 263 g/mol. The van der Waals surface area contributed by atoms with Gasteiger partial charge in [0.2, 0.25) is 0 Å². The van der Waals surface area contributed by atoms with Crippen LogP contribution >= 0.6 is 0 Å². The molecule has 0 amide bonds. The minimum atomic E-state index is 1.10. The van der Waals surface area contributed by atoms with Gasteiger partial charge in [0.1, 0.15) is 0 Å². The molecule has 0 spiro atoms. The lowest BCUT2D eigenvalue weighted by Crippen LogP contribution is -2.06. The normalized spacial score (nSPS) is 11.3. The highest BCUT2D eigenvalue weighted by atomic mass is 14.8. The smallest absolute Gasteiger partial charge is 0.0141 e. The Hall–Kier alpha value is -0.980. The van der Waals surface area contributed by atoms with E-state index in [1.54, 1.807) is 0 Å². The topological polar surface area (TPSA) is 12.0 Å². The Morgan fingerprint density at radius 1 is 0.789 bits per heavy atom. The predicted octanol–water partition coefficient (Wildman–Crippen LogP) is 5.75. The molecule has 1 nitrogen and oxygen atoms in total. The first-order valence-electron chi connectivity index (χ1n) is 7.97. The molecule has 0 aliphatic heterocycles. The third kappa shape index (κ3) is 17.0. The zero-order valence-electron chi connectivity index (χ0n) is 13.3. The third-order valence-corrected chi connectivity index (χ3v) is 3.04. The number of rotatable bonds is 12. The van der Waals surface area contributed by atoms with E-state index in [1.807, 2.05) is 6.20 Å². The molecule has 0 heterocycles. The molecule has 0 aromatic carbocycles. The molecule has 0 aromatic heterocycles. The first-order valence-corrected chi connectivity index (χ1v) is 7.97. The molecule has 0 unspecified atom stereocenters. The van der Waals surface area contributed by atoms with Crippen LogP contribution in [0, 0.1) is 0 Å². The molecule has 1 heteroatoms. The van der Waals surface area contributed by atoms with E-state index in [9.17, 15) is 0 Å². The Labute approximate surface area is 120 Å². The van der Waals surface area contributed by atoms with Gasteiger partial charge in [-0.1, -0.05) is 75.7 Å². The van der Waals surface area contributed by atoms with Crippen LogP contribution in [0.3, 0.4) is 0 Å². The minimum absolute atomic E-state index is 1.10. The van der Waals surface area contributed by atoms with Crippen molar-refractivity contribution in [2.24, 2.45) is 0 Å². The molecule has 0 aromatic rings. The number of allylic oxidation sites excluding steroid dienone is 5. The lowest BCUT2D eigenvalue weighted by Gasteiger charge is -2.01. The lowest BCUT2D eigenvalue weighted by atomic mass is 10.1. The average Bonchev–Trinajstić information content (AvgIpc) is 2.39. The quantitative estimate of drug-likeness (QED) is 0.349. The summed E-state index contributed by atoms with van der Waals surface area (Å²) in [4.78, 5) is 0. The van der Waals surface area contributed by atoms with Gasteiger partial charge in [-0.3, -0.25) is 0 Å². The zero-order valence-corrected chi connectivity index (χ0v) is 13.3. The van der Waals surface area contributed by atoms with Crippen LogP contribution in [-0.4, -0.2) is 6.54 Å². The second kappa shape index (κ2) is 15.1. The Bertz CT molecular complexity index is 257. The standard InChI is InChI=1S/C18H33N/c1-4-5-6-7-8-9-10-13-16-19-17-14-11-12-15-18(2)3/h11-12,14-15,17,19H,4-10,13,16H2,1-3H3/b12-11-,17-14-. The molecule has 0 bridgehead atoms. The minimum Gasteiger partial charge on any atom is -0.391 e. The highest BCUT2D eigenvalue weighted by Crippen LogP contribution is 2.07. The van der Waals surface area contributed by atoms with Crippen LogP contribution in [0.25, 0.3) is 0 Å². The van der Waals surface area contributed by atoms with Crippen molar-refractivity contribution >= 4 is 0 Å². The summed E-state index contributed by atoms with van der Waals surface area (Å²) in [7, 11) is 0. The van der Waals surface area contributed by atoms with E-state index in [0.717, 1.165) is 6.54 Å². The summed E-state index contributed by atoms with van der Waals surface area (Å²) < 4.78 is 0. The summed E-state index contributed by atoms with van der Waals surface area (Å²) in [6, 6.07) is 0. The van der Waals surface area contributed by atoms with Gasteiger partial charge in [0.05, 0.1) is 0 Å². The molecule has 0 fully saturated rings. The third-order valence-electron chi connectivity index (χ3n) is 3.04. The van der Waals surface area contributed by atoms with Crippen molar-refractivity contribution in [3.8, 4) is 0 Å². The summed E-state index contributed by atoms with van der Waals surface area (Å²) in [6.45, 7) is 7.58. The molecule has 0 saturated heterocycles. The molecule has 0 rings (SSSR count). The summed E-state index contributed by atoms with van der Waals surface area (Å²) in [5.41, 5.74) is 1.33. The van der Waals surface area contributed by atoms with E-state index >= 15 is 0 Å². The van der Waals surface area contributed by atoms with Gasteiger partial charge in [0.25, 0.3) is 0 Å². The van der Waals surface area contributed by atoms with Crippen LogP contribution in [0.2, 0.25) is 0 Å². The van der Waals surface area contributed by atoms with Crippen LogP contribution in [-0.2, 0) is 0 Å². The molecular formula is C18H33N. The molecule has 0 aliphatic rings. The maximum absolute atomic E-state index is 3.33. The Morgan fingerprint density at radius 3 is 2.05 bits per heavy atom. The molecular weight excluding hydrogens is 230 g/mol. The number of hydrogen-bond donors (Lipinski definition) is 1. The van der Waals surface area contributed by atoms with Gasteiger partial charge in [-0.2, -0.15) is 0 Å². The first kappa shape index (κ1) is 18.0. The fourth-order valence-electron chi connectivity index (χ4n) is 1.88. The monoisotopic (exact) mass is 263 g/mol. The number of unbranched alkanes of at least 4 members (excludes halogenated alkanes) is 7. The maximum Gasteiger partial charge on any atom is 0.0141 e. The summed E-state index contributed by atoms with van der Waals surface area (Å²) in [5, 5.41) is 3.33. The van der Waals surface area contributed by atoms with Crippen molar-refractivity contribution in [3.05, 3.63) is 36.1 Å². The van der Waals surface area contributed by atoms with Crippen LogP contribution in [0.5, 0.6) is 0 Å². The fourth-order valence-corrected chi connectivity index (χ4v) is 1.88. The van der Waals surface area contributed by atoms with E-state index in [2.05, 4.69) is 50.4 Å². The molecule has 1 N–H and O–H groups in total.